The zero-order valence-corrected chi connectivity index (χ0v) is 76.9. The molecule has 0 bridgehead atoms. The van der Waals surface area contributed by atoms with Gasteiger partial charge in [-0.05, 0) is 184 Å². The van der Waals surface area contributed by atoms with Gasteiger partial charge >= 0.3 is 0 Å². The molecule has 38 heteroatoms. The molecule has 5 atom stereocenters. The minimum atomic E-state index is -1.72. The van der Waals surface area contributed by atoms with Crippen molar-refractivity contribution in [3.05, 3.63) is 293 Å². The number of nitrogens with one attached hydrogen (secondary N) is 6. The number of aromatic nitrogens is 12. The molecule has 5 unspecified atom stereocenters. The first-order chi connectivity index (χ1) is 60.2. The zero-order chi connectivity index (χ0) is 88.9. The van der Waals surface area contributed by atoms with Crippen LogP contribution in [0.5, 0.6) is 0 Å². The molecule has 1 saturated heterocycles. The van der Waals surface area contributed by atoms with Crippen LogP contribution >= 0.6 is 0 Å². The fraction of sp³-hybridized carbons (Fsp3) is 0.225. The van der Waals surface area contributed by atoms with Crippen molar-refractivity contribution in [2.24, 2.45) is 0 Å². The van der Waals surface area contributed by atoms with Crippen LogP contribution in [0.3, 0.4) is 0 Å². The molecule has 35 nitrogen and oxygen atoms in total. The summed E-state index contributed by atoms with van der Waals surface area (Å²) in [5.41, 5.74) is 11.0. The van der Waals surface area contributed by atoms with Crippen molar-refractivity contribution < 1.29 is 128 Å². The van der Waals surface area contributed by atoms with E-state index in [9.17, 15) is 69.0 Å². The van der Waals surface area contributed by atoms with E-state index >= 15 is 0 Å². The summed E-state index contributed by atoms with van der Waals surface area (Å²) >= 11 is 0. The van der Waals surface area contributed by atoms with Gasteiger partial charge in [-0.2, -0.15) is 0 Å². The number of hydrogen-bond acceptors (Lipinski definition) is 26. The molecule has 9 amide bonds. The second-order valence-corrected chi connectivity index (χ2v) is 26.4. The molecule has 0 spiro atoms. The molecular formula is C89H97N21O14Os3. The Balaban J connectivity index is 0.000000357. The molecule has 0 aliphatic carbocycles. The quantitative estimate of drug-likeness (QED) is 0.0261. The monoisotopic (exact) mass is 2260 g/mol. The van der Waals surface area contributed by atoms with Gasteiger partial charge in [0, 0.05) is 174 Å². The Morgan fingerprint density at radius 3 is 0.606 bits per heavy atom. The Bertz CT molecular complexity index is 4320. The second-order valence-electron chi connectivity index (χ2n) is 26.4. The van der Waals surface area contributed by atoms with E-state index < -0.39 is 103 Å². The minimum Gasteiger partial charge on any atom is -0.394 e. The first kappa shape index (κ1) is 106. The minimum absolute atomic E-state index is 0. The van der Waals surface area contributed by atoms with Gasteiger partial charge in [-0.3, -0.25) is 119 Å². The molecule has 12 aromatic heterocycles. The summed E-state index contributed by atoms with van der Waals surface area (Å²) < 4.78 is 0. The average molecular weight is 2260 g/mol. The van der Waals surface area contributed by atoms with Crippen molar-refractivity contribution in [3.63, 3.8) is 0 Å². The SMILES string of the molecule is CC(=O)N(O)CCCC1NC(=O)CNC(=O)C(CO)NC(=O)C(CO)NC(=O)C(CCCN(O)C(C)=O)NC(=O)C(CCCN(O)C(C)=O)NC1=O.[Os].[Os].[Os].c1ccc(-c2ccccn2)nc1.c1ccc(-c2ccccn2)nc1.c1ccc(-c2ccccn2)nc1.c1ccc(-c2ccccn2)nc1.c1ccc(-c2ccccn2)nc1.c1ccc(-c2ccccn2)nc1. The molecule has 0 aromatic carbocycles. The van der Waals surface area contributed by atoms with Crippen molar-refractivity contribution in [2.75, 3.05) is 39.4 Å². The van der Waals surface area contributed by atoms with Gasteiger partial charge < -0.3 is 42.1 Å². The number of rotatable bonds is 20. The summed E-state index contributed by atoms with van der Waals surface area (Å²) in [6.45, 7) is -0.358. The average Bonchev–Trinajstić information content (AvgIpc) is 0.839. The first-order valence-corrected chi connectivity index (χ1v) is 39.1. The molecular weight excluding hydrogens is 2160 g/mol. The van der Waals surface area contributed by atoms with E-state index in [4.69, 9.17) is 0 Å². The summed E-state index contributed by atoms with van der Waals surface area (Å²) in [5.74, 6) is -8.27. The molecule has 13 rings (SSSR count). The predicted molar refractivity (Wildman–Crippen MR) is 457 cm³/mol. The third-order valence-electron chi connectivity index (χ3n) is 17.2. The molecule has 1 fully saturated rings. The number of amides is 9. The molecule has 12 aromatic rings. The predicted octanol–water partition coefficient (Wildman–Crippen LogP) is 7.43. The Morgan fingerprint density at radius 1 is 0.276 bits per heavy atom. The summed E-state index contributed by atoms with van der Waals surface area (Å²) in [7, 11) is 0. The van der Waals surface area contributed by atoms with E-state index in [2.05, 4.69) is 91.7 Å². The number of hydroxylamine groups is 6. The van der Waals surface area contributed by atoms with Crippen LogP contribution in [0.1, 0.15) is 59.3 Å². The molecule has 0 radical (unpaired) electrons. The normalized spacial score (nSPS) is 14.6. The van der Waals surface area contributed by atoms with E-state index in [0.29, 0.717) is 15.2 Å². The fourth-order valence-electron chi connectivity index (χ4n) is 10.8. The Morgan fingerprint density at radius 2 is 0.441 bits per heavy atom. The number of carbonyl (C=O) groups is 9. The van der Waals surface area contributed by atoms with Gasteiger partial charge in [0.2, 0.25) is 53.2 Å². The molecule has 11 N–H and O–H groups in total. The molecule has 13 heterocycles. The van der Waals surface area contributed by atoms with Crippen molar-refractivity contribution in [1.29, 1.82) is 0 Å². The summed E-state index contributed by atoms with van der Waals surface area (Å²) in [5, 5.41) is 63.7. The van der Waals surface area contributed by atoms with E-state index in [1.807, 2.05) is 218 Å². The van der Waals surface area contributed by atoms with Gasteiger partial charge in [-0.1, -0.05) is 72.8 Å². The fourth-order valence-corrected chi connectivity index (χ4v) is 10.8. The van der Waals surface area contributed by atoms with E-state index in [0.717, 1.165) is 89.1 Å². The van der Waals surface area contributed by atoms with Crippen molar-refractivity contribution >= 4 is 53.2 Å². The first-order valence-electron chi connectivity index (χ1n) is 39.1. The zero-order valence-electron chi connectivity index (χ0n) is 69.3. The smallest absolute Gasteiger partial charge is 0.245 e. The third-order valence-corrected chi connectivity index (χ3v) is 17.2. The maximum atomic E-state index is 13.7. The molecule has 666 valence electrons. The maximum Gasteiger partial charge on any atom is 0.245 e. The number of nitrogens with zero attached hydrogens (tertiary/aromatic N) is 15. The molecule has 1 aliphatic rings. The second kappa shape index (κ2) is 61.1. The van der Waals surface area contributed by atoms with E-state index in [-0.39, 0.29) is 118 Å². The van der Waals surface area contributed by atoms with Gasteiger partial charge in [-0.15, -0.1) is 0 Å². The van der Waals surface area contributed by atoms with Gasteiger partial charge in [0.05, 0.1) is 88.1 Å². The molecule has 1 aliphatic heterocycles. The van der Waals surface area contributed by atoms with Crippen molar-refractivity contribution in [2.45, 2.75) is 89.5 Å². The number of hydrogen-bond donors (Lipinski definition) is 11. The number of aliphatic hydroxyl groups is 2. The van der Waals surface area contributed by atoms with Gasteiger partial charge in [-0.25, -0.2) is 15.2 Å². The van der Waals surface area contributed by atoms with Crippen LogP contribution in [0.25, 0.3) is 68.3 Å². The van der Waals surface area contributed by atoms with Crippen LogP contribution in [0.4, 0.5) is 0 Å². The van der Waals surface area contributed by atoms with Crippen molar-refractivity contribution in [3.8, 4) is 68.3 Å². The van der Waals surface area contributed by atoms with Crippen LogP contribution in [-0.2, 0) is 103 Å². The topological polar surface area (TPSA) is 491 Å². The summed E-state index contributed by atoms with van der Waals surface area (Å²) in [4.78, 5) is 164. The number of carbonyl (C=O) groups excluding carboxylic acids is 9. The van der Waals surface area contributed by atoms with E-state index in [1.54, 1.807) is 74.4 Å². The summed E-state index contributed by atoms with van der Waals surface area (Å²) in [6, 6.07) is 61.7. The number of pyridine rings is 12. The van der Waals surface area contributed by atoms with Crippen LogP contribution < -0.4 is 31.9 Å². The van der Waals surface area contributed by atoms with E-state index in [1.165, 1.54) is 0 Å². The Kier molecular flexibility index (Phi) is 51.1. The number of aliphatic hydroxyl groups excluding tert-OH is 2. The van der Waals surface area contributed by atoms with Crippen LogP contribution in [0, 0.1) is 0 Å². The van der Waals surface area contributed by atoms with Gasteiger partial charge in [0.25, 0.3) is 0 Å². The van der Waals surface area contributed by atoms with Gasteiger partial charge in [0.15, 0.2) is 0 Å². The third kappa shape index (κ3) is 40.1. The van der Waals surface area contributed by atoms with Gasteiger partial charge in [0.1, 0.15) is 30.2 Å². The Hall–Kier alpha value is -13.3. The Labute approximate surface area is 773 Å². The van der Waals surface area contributed by atoms with Crippen molar-refractivity contribution in [1.82, 2.24) is 107 Å². The maximum absolute atomic E-state index is 13.7. The molecule has 0 saturated carbocycles. The summed E-state index contributed by atoms with van der Waals surface area (Å²) in [6.07, 6.45) is 20.3. The standard InChI is InChI=1S/C29H49N9O14.6C10H8N2.3Os/c1-16(41)36(50)10-4-7-19-26(46)32-20(8-5-11-37(51)17(2)42)27(47)33-21(9-6-12-38(52)18(3)43)28(48)35-23(15-40)29(49)34-22(14-39)25(45)30-13-24(44)31-19;6*1-3-7-11-9(5-1)10-6-2-4-8-12-10;;;/h19-23,39-40,50-52H,4-15H2,1-3H3,(H,30,45)(H,31,44)(H,32,46)(H,33,47)(H,34,49)(H,35,48);6*1-8H;;;. The molecule has 127 heavy (non-hydrogen) atoms. The largest absolute Gasteiger partial charge is 0.394 e. The van der Waals surface area contributed by atoms with Crippen LogP contribution in [-0.4, -0.2) is 224 Å². The van der Waals surface area contributed by atoms with Crippen LogP contribution in [0.2, 0.25) is 0 Å². The van der Waals surface area contributed by atoms with Crippen LogP contribution in [0.15, 0.2) is 293 Å².